The van der Waals surface area contributed by atoms with E-state index >= 15 is 0 Å². The molecule has 0 fully saturated rings. The summed E-state index contributed by atoms with van der Waals surface area (Å²) >= 11 is 0. The number of aliphatic imine (C=N–C) groups is 1. The molecule has 0 atom stereocenters. The van der Waals surface area contributed by atoms with Crippen LogP contribution in [0.2, 0.25) is 0 Å². The van der Waals surface area contributed by atoms with Crippen molar-refractivity contribution in [3.8, 4) is 11.5 Å². The lowest BCUT2D eigenvalue weighted by Crippen LogP contribution is -1.87. The highest BCUT2D eigenvalue weighted by molar-refractivity contribution is 5.83. The van der Waals surface area contributed by atoms with Crippen LogP contribution in [0.5, 0.6) is 11.5 Å². The summed E-state index contributed by atoms with van der Waals surface area (Å²) in [6, 6.07) is 13.6. The Kier molecular flexibility index (Phi) is 8.03. The largest absolute Gasteiger partial charge is 0.504 e. The summed E-state index contributed by atoms with van der Waals surface area (Å²) in [6.45, 7) is 2.25. The Morgan fingerprint density at radius 3 is 2.40 bits per heavy atom. The number of aromatic hydroxyl groups is 1. The van der Waals surface area contributed by atoms with Gasteiger partial charge in [0, 0.05) is 6.21 Å². The van der Waals surface area contributed by atoms with Gasteiger partial charge in [0.1, 0.15) is 0 Å². The third-order valence-corrected chi connectivity index (χ3v) is 4.32. The van der Waals surface area contributed by atoms with Gasteiger partial charge in [0.2, 0.25) is 0 Å². The molecule has 134 valence electrons. The molecule has 2 aromatic carbocycles. The maximum absolute atomic E-state index is 9.61. The van der Waals surface area contributed by atoms with E-state index < -0.39 is 0 Å². The lowest BCUT2D eigenvalue weighted by Gasteiger charge is -2.04. The number of hydrogen-bond donors (Lipinski definition) is 1. The molecule has 0 bridgehead atoms. The van der Waals surface area contributed by atoms with E-state index in [0.717, 1.165) is 17.7 Å². The van der Waals surface area contributed by atoms with Crippen LogP contribution in [-0.4, -0.2) is 18.4 Å². The Bertz CT molecular complexity index is 662. The molecular weight excluding hydrogens is 310 g/mol. The number of benzene rings is 2. The van der Waals surface area contributed by atoms with Crippen molar-refractivity contribution >= 4 is 11.9 Å². The number of ether oxygens (including phenoxy) is 1. The molecule has 25 heavy (non-hydrogen) atoms. The highest BCUT2D eigenvalue weighted by atomic mass is 16.5. The van der Waals surface area contributed by atoms with Crippen LogP contribution in [0.3, 0.4) is 0 Å². The Hall–Kier alpha value is -2.29. The average molecular weight is 339 g/mol. The Balaban J connectivity index is 1.83. The minimum Gasteiger partial charge on any atom is -0.504 e. The molecule has 0 unspecified atom stereocenters. The zero-order valence-corrected chi connectivity index (χ0v) is 15.4. The van der Waals surface area contributed by atoms with E-state index in [2.05, 4.69) is 36.2 Å². The number of aryl methyl sites for hydroxylation is 1. The van der Waals surface area contributed by atoms with Gasteiger partial charge < -0.3 is 9.84 Å². The van der Waals surface area contributed by atoms with Gasteiger partial charge in [-0.1, -0.05) is 51.2 Å². The van der Waals surface area contributed by atoms with Gasteiger partial charge >= 0.3 is 0 Å². The van der Waals surface area contributed by atoms with E-state index in [1.54, 1.807) is 25.5 Å². The zero-order chi connectivity index (χ0) is 17.9. The van der Waals surface area contributed by atoms with Gasteiger partial charge in [0.05, 0.1) is 12.8 Å². The van der Waals surface area contributed by atoms with Gasteiger partial charge in [0.25, 0.3) is 0 Å². The molecule has 0 aliphatic rings. The molecule has 0 spiro atoms. The summed E-state index contributed by atoms with van der Waals surface area (Å²) in [5.74, 6) is 0.594. The molecule has 0 saturated heterocycles. The third kappa shape index (κ3) is 6.61. The number of phenolic OH excluding ortho intramolecular Hbond substituents is 1. The van der Waals surface area contributed by atoms with Crippen molar-refractivity contribution in [1.82, 2.24) is 0 Å². The van der Waals surface area contributed by atoms with E-state index in [1.165, 1.54) is 44.1 Å². The van der Waals surface area contributed by atoms with Gasteiger partial charge in [-0.3, -0.25) is 4.99 Å². The molecule has 0 aromatic heterocycles. The van der Waals surface area contributed by atoms with Crippen molar-refractivity contribution in [2.45, 2.75) is 51.9 Å². The van der Waals surface area contributed by atoms with Crippen LogP contribution >= 0.6 is 0 Å². The van der Waals surface area contributed by atoms with E-state index in [-0.39, 0.29) is 5.75 Å². The maximum atomic E-state index is 9.61. The van der Waals surface area contributed by atoms with E-state index in [9.17, 15) is 5.11 Å². The lowest BCUT2D eigenvalue weighted by atomic mass is 10.0. The molecule has 2 aromatic rings. The monoisotopic (exact) mass is 339 g/mol. The maximum Gasteiger partial charge on any atom is 0.161 e. The van der Waals surface area contributed by atoms with E-state index in [0.29, 0.717) is 5.75 Å². The SMILES string of the molecule is CCCCCCCCc1ccc(N=Cc2ccc(O)c(OC)c2)cc1. The first kappa shape index (κ1) is 19.0. The first-order valence-corrected chi connectivity index (χ1v) is 9.23. The molecule has 3 nitrogen and oxygen atoms in total. The average Bonchev–Trinajstić information content (AvgIpc) is 2.65. The van der Waals surface area contributed by atoms with Crippen LogP contribution in [0.4, 0.5) is 5.69 Å². The second kappa shape index (κ2) is 10.5. The quantitative estimate of drug-likeness (QED) is 0.422. The van der Waals surface area contributed by atoms with E-state index in [4.69, 9.17) is 4.74 Å². The molecule has 2 rings (SSSR count). The van der Waals surface area contributed by atoms with Crippen molar-refractivity contribution in [2.24, 2.45) is 4.99 Å². The molecule has 0 heterocycles. The Morgan fingerprint density at radius 1 is 0.960 bits per heavy atom. The van der Waals surface area contributed by atoms with Gasteiger partial charge in [0.15, 0.2) is 11.5 Å². The number of rotatable bonds is 10. The molecule has 0 amide bonds. The lowest BCUT2D eigenvalue weighted by molar-refractivity contribution is 0.373. The molecule has 3 heteroatoms. The summed E-state index contributed by atoms with van der Waals surface area (Å²) < 4.78 is 5.11. The van der Waals surface area contributed by atoms with Crippen molar-refractivity contribution in [3.05, 3.63) is 53.6 Å². The van der Waals surface area contributed by atoms with Gasteiger partial charge in [-0.25, -0.2) is 0 Å². The molecule has 1 N–H and O–H groups in total. The second-order valence-electron chi connectivity index (χ2n) is 6.37. The Morgan fingerprint density at radius 2 is 1.68 bits per heavy atom. The highest BCUT2D eigenvalue weighted by Gasteiger charge is 2.01. The smallest absolute Gasteiger partial charge is 0.161 e. The van der Waals surface area contributed by atoms with Crippen molar-refractivity contribution in [3.63, 3.8) is 0 Å². The summed E-state index contributed by atoms with van der Waals surface area (Å²) in [4.78, 5) is 4.49. The first-order chi connectivity index (χ1) is 12.2. The molecule has 0 saturated carbocycles. The van der Waals surface area contributed by atoms with Crippen LogP contribution in [0, 0.1) is 0 Å². The minimum absolute atomic E-state index is 0.138. The van der Waals surface area contributed by atoms with Crippen molar-refractivity contribution in [1.29, 1.82) is 0 Å². The number of hydrogen-bond acceptors (Lipinski definition) is 3. The van der Waals surface area contributed by atoms with Crippen LogP contribution in [0.25, 0.3) is 0 Å². The van der Waals surface area contributed by atoms with Crippen molar-refractivity contribution < 1.29 is 9.84 Å². The molecule has 0 radical (unpaired) electrons. The first-order valence-electron chi connectivity index (χ1n) is 9.23. The summed E-state index contributed by atoms with van der Waals surface area (Å²) in [5, 5.41) is 9.61. The topological polar surface area (TPSA) is 41.8 Å². The van der Waals surface area contributed by atoms with Gasteiger partial charge in [-0.2, -0.15) is 0 Å². The fourth-order valence-corrected chi connectivity index (χ4v) is 2.78. The predicted octanol–water partition coefficient (Wildman–Crippen LogP) is 6.05. The van der Waals surface area contributed by atoms with Gasteiger partial charge in [-0.15, -0.1) is 0 Å². The van der Waals surface area contributed by atoms with E-state index in [1.807, 2.05) is 6.07 Å². The molecular formula is C22H29NO2. The third-order valence-electron chi connectivity index (χ3n) is 4.32. The summed E-state index contributed by atoms with van der Waals surface area (Å²) in [7, 11) is 1.54. The number of nitrogens with zero attached hydrogens (tertiary/aromatic N) is 1. The Labute approximate surface area is 151 Å². The fourth-order valence-electron chi connectivity index (χ4n) is 2.78. The summed E-state index contributed by atoms with van der Waals surface area (Å²) in [5.41, 5.74) is 3.20. The van der Waals surface area contributed by atoms with Crippen LogP contribution in [0.15, 0.2) is 47.5 Å². The summed E-state index contributed by atoms with van der Waals surface area (Å²) in [6.07, 6.45) is 10.9. The van der Waals surface area contributed by atoms with Crippen LogP contribution in [0.1, 0.15) is 56.6 Å². The van der Waals surface area contributed by atoms with Crippen molar-refractivity contribution in [2.75, 3.05) is 7.11 Å². The highest BCUT2D eigenvalue weighted by Crippen LogP contribution is 2.26. The normalized spacial score (nSPS) is 11.1. The fraction of sp³-hybridized carbons (Fsp3) is 0.409. The number of unbranched alkanes of at least 4 members (excludes halogenated alkanes) is 5. The van der Waals surface area contributed by atoms with Crippen LogP contribution < -0.4 is 4.74 Å². The molecule has 0 aliphatic heterocycles. The molecule has 0 aliphatic carbocycles. The standard InChI is InChI=1S/C22H29NO2/c1-3-4-5-6-7-8-9-18-10-13-20(14-11-18)23-17-19-12-15-21(24)22(16-19)25-2/h10-17,24H,3-9H2,1-2H3. The van der Waals surface area contributed by atoms with Gasteiger partial charge in [-0.05, 0) is 54.3 Å². The number of methoxy groups -OCH3 is 1. The zero-order valence-electron chi connectivity index (χ0n) is 15.4. The predicted molar refractivity (Wildman–Crippen MR) is 105 cm³/mol. The second-order valence-corrected chi connectivity index (χ2v) is 6.37. The number of phenols is 1. The van der Waals surface area contributed by atoms with Crippen LogP contribution in [-0.2, 0) is 6.42 Å². The minimum atomic E-state index is 0.138.